The van der Waals surface area contributed by atoms with Gasteiger partial charge in [-0.15, -0.1) is 0 Å². The second-order valence-electron chi connectivity index (χ2n) is 4.52. The molecule has 2 aromatic rings. The van der Waals surface area contributed by atoms with Gasteiger partial charge in [0.25, 0.3) is 0 Å². The second-order valence-corrected chi connectivity index (χ2v) is 7.06. The van der Waals surface area contributed by atoms with Crippen LogP contribution in [0.1, 0.15) is 10.4 Å². The Morgan fingerprint density at radius 1 is 1.09 bits per heavy atom. The summed E-state index contributed by atoms with van der Waals surface area (Å²) in [5.41, 5.74) is 0.776. The van der Waals surface area contributed by atoms with Crippen molar-refractivity contribution in [3.8, 4) is 0 Å². The molecule has 0 aliphatic rings. The van der Waals surface area contributed by atoms with Crippen LogP contribution in [-0.4, -0.2) is 39.0 Å². The van der Waals surface area contributed by atoms with Gasteiger partial charge < -0.3 is 0 Å². The molecule has 0 spiro atoms. The third kappa shape index (κ3) is 3.93. The van der Waals surface area contributed by atoms with Gasteiger partial charge in [-0.25, -0.2) is 0 Å². The molecule has 2 atom stereocenters. The van der Waals surface area contributed by atoms with E-state index >= 15 is 0 Å². The van der Waals surface area contributed by atoms with Crippen molar-refractivity contribution >= 4 is 25.4 Å². The number of esters is 1. The van der Waals surface area contributed by atoms with E-state index in [-0.39, 0.29) is 15.0 Å². The number of ether oxygens (including phenoxy) is 1. The number of rotatable bonds is 6. The Kier molecular flexibility index (Phi) is 5.69. The molecule has 0 radical (unpaired) electrons. The summed E-state index contributed by atoms with van der Waals surface area (Å²) in [6.45, 7) is 0. The number of benzene rings is 2. The summed E-state index contributed by atoms with van der Waals surface area (Å²) < 4.78 is 5.64. The van der Waals surface area contributed by atoms with Gasteiger partial charge in [-0.05, 0) is 0 Å². The maximum absolute atomic E-state index is 11.9. The molecule has 0 fully saturated rings. The number of carbonyl (C=O) groups is 1. The van der Waals surface area contributed by atoms with Crippen LogP contribution in [0.3, 0.4) is 0 Å². The van der Waals surface area contributed by atoms with Crippen molar-refractivity contribution < 1.29 is 14.5 Å². The first-order valence-corrected chi connectivity index (χ1v) is 8.46. The van der Waals surface area contributed by atoms with E-state index in [0.29, 0.717) is 0 Å². The van der Waals surface area contributed by atoms with Crippen molar-refractivity contribution in [1.82, 2.24) is 0 Å². The summed E-state index contributed by atoms with van der Waals surface area (Å²) in [6.07, 6.45) is 0. The van der Waals surface area contributed by atoms with Crippen molar-refractivity contribution in [2.45, 2.75) is 10.9 Å². The van der Waals surface area contributed by atoms with Crippen molar-refractivity contribution in [3.05, 3.63) is 76.3 Å². The molecule has 0 amide bonds. The average molecular weight is 364 g/mol. The Bertz CT molecular complexity index is 633. The summed E-state index contributed by atoms with van der Waals surface area (Å²) in [5.74, 6) is -0.809. The Balaban J connectivity index is 2.40. The summed E-state index contributed by atoms with van der Waals surface area (Å²) in [5, 5.41) is 11.4. The second kappa shape index (κ2) is 7.73. The molecule has 0 aliphatic carbocycles. The van der Waals surface area contributed by atoms with Crippen LogP contribution in [0, 0.1) is 10.1 Å². The van der Waals surface area contributed by atoms with E-state index in [1.807, 2.05) is 60.7 Å². The summed E-state index contributed by atoms with van der Waals surface area (Å²) >= 11 is -0.269. The van der Waals surface area contributed by atoms with Gasteiger partial charge in [0.15, 0.2) is 0 Å². The van der Waals surface area contributed by atoms with Gasteiger partial charge >= 0.3 is 134 Å². The maximum atomic E-state index is 11.9. The molecule has 0 aromatic heterocycles. The van der Waals surface area contributed by atoms with Crippen LogP contribution >= 0.6 is 0 Å². The first kappa shape index (κ1) is 16.2. The Hall–Kier alpha value is -2.17. The minimum absolute atomic E-state index is 0.269. The molecular weight excluding hydrogens is 349 g/mol. The molecule has 114 valence electrons. The van der Waals surface area contributed by atoms with Crippen molar-refractivity contribution in [1.29, 1.82) is 0 Å². The molecular formula is C16H15NO4Se. The minimum atomic E-state index is -1.40. The normalized spacial score (nSPS) is 13.1. The molecule has 0 unspecified atom stereocenters. The van der Waals surface area contributed by atoms with Gasteiger partial charge in [0.1, 0.15) is 0 Å². The fraction of sp³-hybridized carbons (Fsp3) is 0.188. The zero-order valence-corrected chi connectivity index (χ0v) is 13.6. The van der Waals surface area contributed by atoms with Gasteiger partial charge in [0.05, 0.1) is 0 Å². The monoisotopic (exact) mass is 365 g/mol. The molecule has 22 heavy (non-hydrogen) atoms. The fourth-order valence-corrected chi connectivity index (χ4v) is 4.65. The molecule has 0 saturated heterocycles. The zero-order chi connectivity index (χ0) is 15.9. The third-order valence-corrected chi connectivity index (χ3v) is 5.88. The standard InChI is InChI=1S/C16H15NO4Se/c1-21-16(18)14(17(19)20)15(12-8-4-2-5-9-12)22-13-10-6-3-7-11-13/h2-11,14-15H,1H3/t14-,15-/m0/s1. The summed E-state index contributed by atoms with van der Waals surface area (Å²) in [7, 11) is 1.18. The van der Waals surface area contributed by atoms with Gasteiger partial charge in [0.2, 0.25) is 0 Å². The van der Waals surface area contributed by atoms with Crippen LogP contribution in [0.5, 0.6) is 0 Å². The number of nitro groups is 1. The summed E-state index contributed by atoms with van der Waals surface area (Å²) in [6, 6.07) is 17.2. The number of carbonyl (C=O) groups excluding carboxylic acids is 1. The van der Waals surface area contributed by atoms with E-state index in [9.17, 15) is 14.9 Å². The predicted octanol–water partition coefficient (Wildman–Crippen LogP) is 1.58. The van der Waals surface area contributed by atoms with E-state index in [1.54, 1.807) is 0 Å². The summed E-state index contributed by atoms with van der Waals surface area (Å²) in [4.78, 5) is 22.3. The Morgan fingerprint density at radius 2 is 1.64 bits per heavy atom. The molecule has 2 aromatic carbocycles. The van der Waals surface area contributed by atoms with E-state index in [1.165, 1.54) is 7.11 Å². The van der Waals surface area contributed by atoms with E-state index in [4.69, 9.17) is 0 Å². The molecule has 0 aliphatic heterocycles. The molecule has 2 rings (SSSR count). The predicted molar refractivity (Wildman–Crippen MR) is 83.8 cm³/mol. The number of hydrogen-bond acceptors (Lipinski definition) is 4. The van der Waals surface area contributed by atoms with E-state index < -0.39 is 21.8 Å². The number of nitrogens with zero attached hydrogens (tertiary/aromatic N) is 1. The molecule has 0 bridgehead atoms. The van der Waals surface area contributed by atoms with Gasteiger partial charge in [-0.2, -0.15) is 0 Å². The van der Waals surface area contributed by atoms with E-state index in [0.717, 1.165) is 10.0 Å². The van der Waals surface area contributed by atoms with Crippen LogP contribution < -0.4 is 4.46 Å². The Morgan fingerprint density at radius 3 is 2.14 bits per heavy atom. The Labute approximate surface area is 134 Å². The van der Waals surface area contributed by atoms with Gasteiger partial charge in [0, 0.05) is 0 Å². The van der Waals surface area contributed by atoms with Crippen molar-refractivity contribution in [3.63, 3.8) is 0 Å². The number of hydrogen-bond donors (Lipinski definition) is 0. The van der Waals surface area contributed by atoms with Crippen LogP contribution in [0.4, 0.5) is 0 Å². The van der Waals surface area contributed by atoms with Gasteiger partial charge in [-0.3, -0.25) is 0 Å². The van der Waals surface area contributed by atoms with Crippen LogP contribution in [-0.2, 0) is 9.53 Å². The third-order valence-electron chi connectivity index (χ3n) is 3.09. The molecule has 5 nitrogen and oxygen atoms in total. The molecule has 0 heterocycles. The number of methoxy groups -OCH3 is 1. The average Bonchev–Trinajstić information content (AvgIpc) is 2.55. The fourth-order valence-electron chi connectivity index (χ4n) is 2.04. The van der Waals surface area contributed by atoms with Crippen molar-refractivity contribution in [2.75, 3.05) is 7.11 Å². The van der Waals surface area contributed by atoms with Gasteiger partial charge in [-0.1, -0.05) is 0 Å². The van der Waals surface area contributed by atoms with Crippen LogP contribution in [0.2, 0.25) is 0 Å². The SMILES string of the molecule is COC(=O)[C@H]([C@@H]([Se]c1ccccc1)c1ccccc1)[N+](=O)[O-]. The van der Waals surface area contributed by atoms with Crippen molar-refractivity contribution in [2.24, 2.45) is 0 Å². The molecule has 0 saturated carbocycles. The first-order chi connectivity index (χ1) is 10.6. The van der Waals surface area contributed by atoms with Crippen LogP contribution in [0.15, 0.2) is 60.7 Å². The quantitative estimate of drug-likeness (QED) is 0.338. The molecule has 0 N–H and O–H groups in total. The first-order valence-electron chi connectivity index (χ1n) is 6.61. The zero-order valence-electron chi connectivity index (χ0n) is 11.9. The molecule has 6 heteroatoms. The topological polar surface area (TPSA) is 69.4 Å². The van der Waals surface area contributed by atoms with Crippen LogP contribution in [0.25, 0.3) is 0 Å². The van der Waals surface area contributed by atoms with E-state index in [2.05, 4.69) is 4.74 Å².